The number of hydrogen-bond donors (Lipinski definition) is 2. The largest absolute Gasteiger partial charge is 0.349 e. The normalized spacial score (nSPS) is 15.3. The first-order valence-corrected chi connectivity index (χ1v) is 10.3. The molecular formula is C22H24ClN5O. The van der Waals surface area contributed by atoms with Crippen molar-refractivity contribution in [1.82, 2.24) is 25.4 Å². The molecule has 3 heterocycles. The zero-order valence-corrected chi connectivity index (χ0v) is 16.9. The number of pyridine rings is 1. The van der Waals surface area contributed by atoms with Gasteiger partial charge in [0.25, 0.3) is 0 Å². The number of nitrogens with zero attached hydrogens (tertiary/aromatic N) is 3. The van der Waals surface area contributed by atoms with E-state index in [4.69, 9.17) is 11.6 Å². The summed E-state index contributed by atoms with van der Waals surface area (Å²) in [5.41, 5.74) is 3.83. The summed E-state index contributed by atoms with van der Waals surface area (Å²) in [6, 6.07) is 15.5. The molecular weight excluding hydrogens is 386 g/mol. The fourth-order valence-corrected chi connectivity index (χ4v) is 3.94. The summed E-state index contributed by atoms with van der Waals surface area (Å²) in [4.78, 5) is 18.6. The topological polar surface area (TPSA) is 73.9 Å². The van der Waals surface area contributed by atoms with Crippen molar-refractivity contribution >= 4 is 17.5 Å². The predicted octanol–water partition coefficient (Wildman–Crippen LogP) is 3.62. The van der Waals surface area contributed by atoms with Crippen molar-refractivity contribution in [2.45, 2.75) is 25.3 Å². The van der Waals surface area contributed by atoms with E-state index in [0.29, 0.717) is 24.0 Å². The Kier molecular flexibility index (Phi) is 6.22. The lowest BCUT2D eigenvalue weighted by Crippen LogP contribution is -2.41. The van der Waals surface area contributed by atoms with Crippen molar-refractivity contribution in [2.75, 3.05) is 19.6 Å². The Morgan fingerprint density at radius 2 is 1.97 bits per heavy atom. The first-order chi connectivity index (χ1) is 14.2. The molecule has 0 bridgehead atoms. The van der Waals surface area contributed by atoms with Gasteiger partial charge < -0.3 is 5.32 Å². The molecule has 4 rings (SSSR count). The Labute approximate surface area is 175 Å². The molecule has 0 unspecified atom stereocenters. The summed E-state index contributed by atoms with van der Waals surface area (Å²) < 4.78 is 0. The third kappa shape index (κ3) is 5.02. The third-order valence-electron chi connectivity index (χ3n) is 5.33. The van der Waals surface area contributed by atoms with E-state index < -0.39 is 0 Å². The van der Waals surface area contributed by atoms with Gasteiger partial charge in [0, 0.05) is 23.4 Å². The van der Waals surface area contributed by atoms with E-state index in [1.54, 1.807) is 6.20 Å². The molecule has 150 valence electrons. The second-order valence-corrected chi connectivity index (χ2v) is 7.74. The van der Waals surface area contributed by atoms with E-state index in [1.807, 2.05) is 42.5 Å². The van der Waals surface area contributed by atoms with Gasteiger partial charge in [0.05, 0.1) is 29.5 Å². The lowest BCUT2D eigenvalue weighted by Gasteiger charge is -2.30. The summed E-state index contributed by atoms with van der Waals surface area (Å²) in [5, 5.41) is 11.3. The molecule has 0 aliphatic carbocycles. The molecule has 1 aliphatic rings. The molecule has 1 amide bonds. The molecule has 1 aromatic carbocycles. The average molecular weight is 410 g/mol. The Bertz CT molecular complexity index is 951. The van der Waals surface area contributed by atoms with Gasteiger partial charge in [0.2, 0.25) is 5.91 Å². The summed E-state index contributed by atoms with van der Waals surface area (Å²) in [6.07, 6.45) is 3.73. The maximum absolute atomic E-state index is 12.2. The zero-order chi connectivity index (χ0) is 20.1. The highest BCUT2D eigenvalue weighted by Gasteiger charge is 2.23. The quantitative estimate of drug-likeness (QED) is 0.652. The number of benzene rings is 1. The Morgan fingerprint density at radius 3 is 2.72 bits per heavy atom. The first-order valence-electron chi connectivity index (χ1n) is 9.88. The van der Waals surface area contributed by atoms with Crippen LogP contribution in [0.5, 0.6) is 0 Å². The molecule has 3 aromatic rings. The van der Waals surface area contributed by atoms with Crippen molar-refractivity contribution in [3.05, 3.63) is 71.1 Å². The monoisotopic (exact) mass is 409 g/mol. The second kappa shape index (κ2) is 9.20. The highest BCUT2D eigenvalue weighted by atomic mass is 35.5. The van der Waals surface area contributed by atoms with E-state index in [2.05, 4.69) is 31.5 Å². The van der Waals surface area contributed by atoms with Gasteiger partial charge in [-0.1, -0.05) is 35.9 Å². The van der Waals surface area contributed by atoms with Crippen LogP contribution in [0.2, 0.25) is 5.02 Å². The van der Waals surface area contributed by atoms with Crippen LogP contribution in [0.25, 0.3) is 11.3 Å². The first kappa shape index (κ1) is 19.6. The zero-order valence-electron chi connectivity index (χ0n) is 16.1. The molecule has 7 heteroatoms. The Morgan fingerprint density at radius 1 is 1.17 bits per heavy atom. The molecule has 1 saturated heterocycles. The van der Waals surface area contributed by atoms with Gasteiger partial charge in [-0.2, -0.15) is 5.10 Å². The highest BCUT2D eigenvalue weighted by Crippen LogP contribution is 2.31. The number of aromatic amines is 1. The van der Waals surface area contributed by atoms with Crippen molar-refractivity contribution in [3.63, 3.8) is 0 Å². The van der Waals surface area contributed by atoms with Gasteiger partial charge in [0.15, 0.2) is 0 Å². The van der Waals surface area contributed by atoms with Gasteiger partial charge in [0.1, 0.15) is 0 Å². The van der Waals surface area contributed by atoms with Crippen LogP contribution in [-0.4, -0.2) is 45.6 Å². The van der Waals surface area contributed by atoms with E-state index >= 15 is 0 Å². The van der Waals surface area contributed by atoms with Gasteiger partial charge in [-0.15, -0.1) is 0 Å². The number of carbonyl (C=O) groups excluding carboxylic acids is 1. The fraction of sp³-hybridized carbons (Fsp3) is 0.318. The minimum atomic E-state index is 0.0386. The fourth-order valence-electron chi connectivity index (χ4n) is 3.71. The number of amides is 1. The predicted molar refractivity (Wildman–Crippen MR) is 114 cm³/mol. The van der Waals surface area contributed by atoms with Crippen LogP contribution in [0.3, 0.4) is 0 Å². The van der Waals surface area contributed by atoms with Crippen LogP contribution in [0.4, 0.5) is 0 Å². The van der Waals surface area contributed by atoms with Gasteiger partial charge in [-0.3, -0.25) is 19.8 Å². The maximum Gasteiger partial charge on any atom is 0.234 e. The van der Waals surface area contributed by atoms with Crippen LogP contribution >= 0.6 is 11.6 Å². The number of halogens is 1. The van der Waals surface area contributed by atoms with Crippen molar-refractivity contribution in [1.29, 1.82) is 0 Å². The molecule has 0 saturated carbocycles. The number of carbonyl (C=O) groups is 1. The van der Waals surface area contributed by atoms with Gasteiger partial charge >= 0.3 is 0 Å². The number of H-pyrrole nitrogens is 1. The molecule has 1 aliphatic heterocycles. The molecule has 0 spiro atoms. The maximum atomic E-state index is 12.2. The van der Waals surface area contributed by atoms with E-state index in [1.165, 1.54) is 0 Å². The van der Waals surface area contributed by atoms with Gasteiger partial charge in [-0.05, 0) is 50.2 Å². The third-order valence-corrected chi connectivity index (χ3v) is 5.66. The van der Waals surface area contributed by atoms with Crippen LogP contribution in [-0.2, 0) is 11.3 Å². The molecule has 0 atom stereocenters. The number of aromatic nitrogens is 3. The van der Waals surface area contributed by atoms with Crippen LogP contribution in [0, 0.1) is 0 Å². The molecule has 1 fully saturated rings. The molecule has 0 radical (unpaired) electrons. The second-order valence-electron chi connectivity index (χ2n) is 7.34. The van der Waals surface area contributed by atoms with Crippen LogP contribution in [0.15, 0.2) is 54.7 Å². The number of nitrogens with one attached hydrogen (secondary N) is 2. The summed E-state index contributed by atoms with van der Waals surface area (Å²) in [7, 11) is 0. The van der Waals surface area contributed by atoms with Crippen LogP contribution < -0.4 is 5.32 Å². The molecule has 29 heavy (non-hydrogen) atoms. The lowest BCUT2D eigenvalue weighted by atomic mass is 9.93. The summed E-state index contributed by atoms with van der Waals surface area (Å²) >= 11 is 6.28. The minimum absolute atomic E-state index is 0.0386. The van der Waals surface area contributed by atoms with Crippen molar-refractivity contribution in [3.8, 4) is 11.3 Å². The van der Waals surface area contributed by atoms with Crippen molar-refractivity contribution in [2.24, 2.45) is 0 Å². The average Bonchev–Trinajstić information content (AvgIpc) is 3.24. The summed E-state index contributed by atoms with van der Waals surface area (Å²) in [6.45, 7) is 2.67. The van der Waals surface area contributed by atoms with Gasteiger partial charge in [-0.25, -0.2) is 0 Å². The number of rotatable bonds is 6. The number of likely N-dealkylation sites (tertiary alicyclic amines) is 1. The van der Waals surface area contributed by atoms with E-state index in [9.17, 15) is 4.79 Å². The highest BCUT2D eigenvalue weighted by molar-refractivity contribution is 6.33. The molecule has 6 nitrogen and oxygen atoms in total. The van der Waals surface area contributed by atoms with E-state index in [-0.39, 0.29) is 5.91 Å². The minimum Gasteiger partial charge on any atom is -0.349 e. The van der Waals surface area contributed by atoms with E-state index in [0.717, 1.165) is 48.6 Å². The Hall–Kier alpha value is -2.70. The smallest absolute Gasteiger partial charge is 0.234 e. The van der Waals surface area contributed by atoms with Crippen LogP contribution in [0.1, 0.15) is 30.1 Å². The molecule has 2 N–H and O–H groups in total. The summed E-state index contributed by atoms with van der Waals surface area (Å²) in [5.74, 6) is 0.461. The number of hydrogen-bond acceptors (Lipinski definition) is 4. The van der Waals surface area contributed by atoms with Crippen molar-refractivity contribution < 1.29 is 4.79 Å². The standard InChI is InChI=1S/C22H24ClN5O/c23-19-7-2-1-6-18(19)21-13-20(26-27-21)16-8-11-28(12-9-16)15-22(29)25-14-17-5-3-4-10-24-17/h1-7,10,13,16H,8-9,11-12,14-15H2,(H,25,29)(H,26,27). The SMILES string of the molecule is O=C(CN1CCC(c2cc(-c3ccccc3Cl)n[nH]2)CC1)NCc1ccccn1. The number of piperidine rings is 1. The molecule has 2 aromatic heterocycles. The lowest BCUT2D eigenvalue weighted by molar-refractivity contribution is -0.122. The Balaban J connectivity index is 1.26.